The normalized spacial score (nSPS) is 30.6. The van der Waals surface area contributed by atoms with Crippen molar-refractivity contribution >= 4 is 5.97 Å². The van der Waals surface area contributed by atoms with Gasteiger partial charge in [0, 0.05) is 0 Å². The van der Waals surface area contributed by atoms with Crippen LogP contribution in [-0.4, -0.2) is 25.2 Å². The average Bonchev–Trinajstić information content (AvgIpc) is 2.75. The van der Waals surface area contributed by atoms with Crippen LogP contribution in [-0.2, 0) is 22.4 Å². The van der Waals surface area contributed by atoms with E-state index < -0.39 is 5.54 Å². The Balaban J connectivity index is 2.00. The monoisotopic (exact) mass is 287 g/mol. The van der Waals surface area contributed by atoms with E-state index in [2.05, 4.69) is 36.5 Å². The highest BCUT2D eigenvalue weighted by Crippen LogP contribution is 2.47. The second-order valence-electron chi connectivity index (χ2n) is 6.44. The first-order valence-electron chi connectivity index (χ1n) is 8.12. The lowest BCUT2D eigenvalue weighted by Crippen LogP contribution is -2.60. The van der Waals surface area contributed by atoms with Crippen molar-refractivity contribution in [3.8, 4) is 0 Å². The third kappa shape index (κ3) is 2.28. The molecule has 1 saturated carbocycles. The summed E-state index contributed by atoms with van der Waals surface area (Å²) in [5.74, 6) is 0.645. The minimum atomic E-state index is -0.482. The fourth-order valence-corrected chi connectivity index (χ4v) is 4.40. The number of rotatable bonds is 4. The van der Waals surface area contributed by atoms with E-state index in [1.54, 1.807) is 0 Å². The molecule has 2 aliphatic rings. The van der Waals surface area contributed by atoms with Gasteiger partial charge in [0.25, 0.3) is 0 Å². The number of hydrogen-bond donors (Lipinski definition) is 1. The number of nitrogens with one attached hydrogen (secondary N) is 1. The molecule has 3 rings (SSSR count). The highest BCUT2D eigenvalue weighted by atomic mass is 16.5. The molecule has 0 heterocycles. The molecule has 21 heavy (non-hydrogen) atoms. The van der Waals surface area contributed by atoms with Crippen LogP contribution in [0.25, 0.3) is 0 Å². The number of methoxy groups -OCH3 is 1. The number of fused-ring (bicyclic) bond motifs is 3. The average molecular weight is 287 g/mol. The van der Waals surface area contributed by atoms with Crippen molar-refractivity contribution in [2.24, 2.45) is 11.8 Å². The molecule has 2 unspecified atom stereocenters. The maximum absolute atomic E-state index is 12.7. The van der Waals surface area contributed by atoms with Crippen LogP contribution in [0, 0.1) is 11.8 Å². The van der Waals surface area contributed by atoms with Gasteiger partial charge >= 0.3 is 5.97 Å². The van der Waals surface area contributed by atoms with Crippen LogP contribution in [0.4, 0.5) is 0 Å². The van der Waals surface area contributed by atoms with E-state index in [1.165, 1.54) is 18.2 Å². The molecule has 1 aromatic carbocycles. The zero-order chi connectivity index (χ0) is 14.9. The Morgan fingerprint density at radius 3 is 2.29 bits per heavy atom. The molecule has 0 radical (unpaired) electrons. The van der Waals surface area contributed by atoms with Crippen molar-refractivity contribution in [3.63, 3.8) is 0 Å². The van der Waals surface area contributed by atoms with Gasteiger partial charge in [0.2, 0.25) is 0 Å². The van der Waals surface area contributed by atoms with Crippen molar-refractivity contribution in [2.75, 3.05) is 13.7 Å². The van der Waals surface area contributed by atoms with E-state index >= 15 is 0 Å². The van der Waals surface area contributed by atoms with Gasteiger partial charge in [-0.15, -0.1) is 0 Å². The summed E-state index contributed by atoms with van der Waals surface area (Å²) in [5.41, 5.74) is 2.34. The lowest BCUT2D eigenvalue weighted by atomic mass is 9.78. The lowest BCUT2D eigenvalue weighted by Gasteiger charge is -2.37. The molecule has 3 nitrogen and oxygen atoms in total. The van der Waals surface area contributed by atoms with Crippen molar-refractivity contribution in [3.05, 3.63) is 35.4 Å². The van der Waals surface area contributed by atoms with E-state index in [1.807, 2.05) is 0 Å². The SMILES string of the molecule is CCCNC1(C(=O)OC)C2CCC1Cc1ccccc1C2. The van der Waals surface area contributed by atoms with Crippen molar-refractivity contribution in [1.29, 1.82) is 0 Å². The molecular formula is C18H25NO2. The van der Waals surface area contributed by atoms with Crippen LogP contribution >= 0.6 is 0 Å². The van der Waals surface area contributed by atoms with Crippen LogP contribution in [0.5, 0.6) is 0 Å². The predicted molar refractivity (Wildman–Crippen MR) is 83.1 cm³/mol. The van der Waals surface area contributed by atoms with Crippen molar-refractivity contribution in [2.45, 2.75) is 44.6 Å². The standard InChI is InChI=1S/C18H25NO2/c1-3-10-19-18(17(20)21-2)15-8-9-16(18)12-14-7-5-4-6-13(14)11-15/h4-7,15-16,19H,3,8-12H2,1-2H3. The summed E-state index contributed by atoms with van der Waals surface area (Å²) >= 11 is 0. The van der Waals surface area contributed by atoms with Gasteiger partial charge in [-0.25, -0.2) is 0 Å². The first-order chi connectivity index (χ1) is 10.2. The number of carbonyl (C=O) groups excluding carboxylic acids is 1. The first kappa shape index (κ1) is 14.6. The van der Waals surface area contributed by atoms with Gasteiger partial charge in [-0.05, 0) is 61.6 Å². The highest BCUT2D eigenvalue weighted by Gasteiger charge is 2.56. The van der Waals surface area contributed by atoms with Gasteiger partial charge in [0.1, 0.15) is 5.54 Å². The third-order valence-electron chi connectivity index (χ3n) is 5.39. The number of esters is 1. The summed E-state index contributed by atoms with van der Waals surface area (Å²) in [7, 11) is 1.52. The van der Waals surface area contributed by atoms with Gasteiger partial charge in [-0.2, -0.15) is 0 Å². The van der Waals surface area contributed by atoms with E-state index in [4.69, 9.17) is 4.74 Å². The molecule has 2 bridgehead atoms. The Morgan fingerprint density at radius 2 is 1.81 bits per heavy atom. The fraction of sp³-hybridized carbons (Fsp3) is 0.611. The molecule has 1 N–H and O–H groups in total. The lowest BCUT2D eigenvalue weighted by molar-refractivity contribution is -0.152. The molecule has 2 aliphatic carbocycles. The summed E-state index contributed by atoms with van der Waals surface area (Å²) in [6.07, 6.45) is 5.23. The topological polar surface area (TPSA) is 38.3 Å². The molecule has 1 aromatic rings. The molecule has 0 spiro atoms. The predicted octanol–water partition coefficient (Wildman–Crippen LogP) is 2.72. The number of ether oxygens (including phenoxy) is 1. The molecule has 114 valence electrons. The Labute approximate surface area is 127 Å². The Bertz CT molecular complexity index is 493. The van der Waals surface area contributed by atoms with Crippen LogP contribution in [0.15, 0.2) is 24.3 Å². The van der Waals surface area contributed by atoms with Gasteiger partial charge < -0.3 is 10.1 Å². The van der Waals surface area contributed by atoms with Crippen LogP contribution in [0.3, 0.4) is 0 Å². The summed E-state index contributed by atoms with van der Waals surface area (Å²) < 4.78 is 5.22. The number of carbonyl (C=O) groups is 1. The zero-order valence-electron chi connectivity index (χ0n) is 13.0. The van der Waals surface area contributed by atoms with Gasteiger partial charge in [-0.3, -0.25) is 4.79 Å². The first-order valence-corrected chi connectivity index (χ1v) is 8.12. The van der Waals surface area contributed by atoms with E-state index in [0.717, 1.165) is 38.6 Å². The minimum absolute atomic E-state index is 0.0590. The van der Waals surface area contributed by atoms with Gasteiger partial charge in [-0.1, -0.05) is 31.2 Å². The second kappa shape index (κ2) is 5.80. The maximum Gasteiger partial charge on any atom is 0.326 e. The molecule has 2 atom stereocenters. The smallest absolute Gasteiger partial charge is 0.326 e. The molecule has 0 aliphatic heterocycles. The second-order valence-corrected chi connectivity index (χ2v) is 6.44. The summed E-state index contributed by atoms with van der Waals surface area (Å²) in [6, 6.07) is 8.66. The van der Waals surface area contributed by atoms with E-state index in [9.17, 15) is 4.79 Å². The quantitative estimate of drug-likeness (QED) is 0.865. The van der Waals surface area contributed by atoms with E-state index in [0.29, 0.717) is 11.8 Å². The van der Waals surface area contributed by atoms with Gasteiger partial charge in [0.05, 0.1) is 7.11 Å². The number of hydrogen-bond acceptors (Lipinski definition) is 3. The van der Waals surface area contributed by atoms with Crippen LogP contribution in [0.1, 0.15) is 37.3 Å². The summed E-state index contributed by atoms with van der Waals surface area (Å²) in [5, 5.41) is 3.60. The van der Waals surface area contributed by atoms with Crippen LogP contribution < -0.4 is 5.32 Å². The molecule has 1 fully saturated rings. The third-order valence-corrected chi connectivity index (χ3v) is 5.39. The molecule has 0 amide bonds. The molecule has 0 aromatic heterocycles. The minimum Gasteiger partial charge on any atom is -0.468 e. The Kier molecular flexibility index (Phi) is 4.03. The Morgan fingerprint density at radius 1 is 1.24 bits per heavy atom. The summed E-state index contributed by atoms with van der Waals surface area (Å²) in [4.78, 5) is 12.7. The van der Waals surface area contributed by atoms with E-state index in [-0.39, 0.29) is 5.97 Å². The fourth-order valence-electron chi connectivity index (χ4n) is 4.40. The number of benzene rings is 1. The summed E-state index contributed by atoms with van der Waals surface area (Å²) in [6.45, 7) is 3.02. The molecule has 0 saturated heterocycles. The zero-order valence-corrected chi connectivity index (χ0v) is 13.0. The maximum atomic E-state index is 12.7. The highest BCUT2D eigenvalue weighted by molar-refractivity contribution is 5.82. The Hall–Kier alpha value is -1.35. The van der Waals surface area contributed by atoms with Crippen molar-refractivity contribution in [1.82, 2.24) is 5.32 Å². The molecule has 3 heteroatoms. The van der Waals surface area contributed by atoms with Gasteiger partial charge in [0.15, 0.2) is 0 Å². The van der Waals surface area contributed by atoms with Crippen molar-refractivity contribution < 1.29 is 9.53 Å². The van der Waals surface area contributed by atoms with Crippen LogP contribution in [0.2, 0.25) is 0 Å². The molecular weight excluding hydrogens is 262 g/mol. The largest absolute Gasteiger partial charge is 0.468 e.